The van der Waals surface area contributed by atoms with Gasteiger partial charge in [0.15, 0.2) is 0 Å². The molecule has 0 radical (unpaired) electrons. The van der Waals surface area contributed by atoms with Gasteiger partial charge >= 0.3 is 6.18 Å². The molecule has 2 aliphatic rings. The van der Waals surface area contributed by atoms with E-state index in [1.807, 2.05) is 12.1 Å². The highest BCUT2D eigenvalue weighted by Crippen LogP contribution is 2.50. The van der Waals surface area contributed by atoms with Crippen LogP contribution in [0.4, 0.5) is 13.2 Å². The molecule has 1 amide bonds. The van der Waals surface area contributed by atoms with Crippen molar-refractivity contribution in [3.05, 3.63) is 69.7 Å². The van der Waals surface area contributed by atoms with Crippen LogP contribution in [0.1, 0.15) is 59.7 Å². The van der Waals surface area contributed by atoms with Crippen LogP contribution in [-0.4, -0.2) is 23.9 Å². The van der Waals surface area contributed by atoms with Crippen LogP contribution in [0.5, 0.6) is 0 Å². The Bertz CT molecular complexity index is 960. The summed E-state index contributed by atoms with van der Waals surface area (Å²) in [5.41, 5.74) is 1.14. The number of nitrogens with one attached hydrogen (secondary N) is 1. The molecule has 31 heavy (non-hydrogen) atoms. The van der Waals surface area contributed by atoms with Crippen molar-refractivity contribution in [1.82, 2.24) is 10.2 Å². The van der Waals surface area contributed by atoms with E-state index >= 15 is 0 Å². The van der Waals surface area contributed by atoms with E-state index in [2.05, 4.69) is 29.3 Å². The Labute approximate surface area is 185 Å². The molecule has 0 aromatic heterocycles. The molecule has 0 spiro atoms. The van der Waals surface area contributed by atoms with Gasteiger partial charge in [-0.2, -0.15) is 13.2 Å². The first-order chi connectivity index (χ1) is 14.7. The van der Waals surface area contributed by atoms with Crippen LogP contribution in [0.2, 0.25) is 5.02 Å². The second kappa shape index (κ2) is 8.47. The Morgan fingerprint density at radius 2 is 1.97 bits per heavy atom. The number of carbonyl (C=O) groups is 1. The normalized spacial score (nSPS) is 23.7. The van der Waals surface area contributed by atoms with E-state index in [1.165, 1.54) is 43.4 Å². The lowest BCUT2D eigenvalue weighted by Gasteiger charge is -2.40. The lowest BCUT2D eigenvalue weighted by molar-refractivity contribution is -0.137. The van der Waals surface area contributed by atoms with Gasteiger partial charge in [0.1, 0.15) is 0 Å². The average molecular weight is 451 g/mol. The number of amides is 1. The van der Waals surface area contributed by atoms with Crippen molar-refractivity contribution in [3.8, 4) is 0 Å². The summed E-state index contributed by atoms with van der Waals surface area (Å²) in [5, 5.41) is 2.11. The monoisotopic (exact) mass is 450 g/mol. The minimum absolute atomic E-state index is 0.116. The maximum absolute atomic E-state index is 13.0. The fourth-order valence-electron chi connectivity index (χ4n) is 5.31. The van der Waals surface area contributed by atoms with E-state index in [9.17, 15) is 18.0 Å². The molecule has 2 unspecified atom stereocenters. The molecular weight excluding hydrogens is 425 g/mol. The summed E-state index contributed by atoms with van der Waals surface area (Å²) in [6, 6.07) is 11.6. The zero-order chi connectivity index (χ0) is 22.2. The first-order valence-electron chi connectivity index (χ1n) is 10.7. The van der Waals surface area contributed by atoms with Gasteiger partial charge in [-0.3, -0.25) is 9.69 Å². The summed E-state index contributed by atoms with van der Waals surface area (Å²) >= 11 is 5.85. The minimum atomic E-state index is -4.60. The molecule has 1 N–H and O–H groups in total. The highest BCUT2D eigenvalue weighted by atomic mass is 35.5. The van der Waals surface area contributed by atoms with E-state index in [4.69, 9.17) is 11.6 Å². The Morgan fingerprint density at radius 1 is 1.23 bits per heavy atom. The van der Waals surface area contributed by atoms with Crippen molar-refractivity contribution in [1.29, 1.82) is 0 Å². The molecule has 1 saturated heterocycles. The third-order valence-electron chi connectivity index (χ3n) is 6.79. The zero-order valence-electron chi connectivity index (χ0n) is 17.4. The van der Waals surface area contributed by atoms with Crippen LogP contribution >= 0.6 is 11.6 Å². The molecule has 4 rings (SSSR count). The van der Waals surface area contributed by atoms with E-state index in [-0.39, 0.29) is 17.6 Å². The number of rotatable bonds is 5. The lowest BCUT2D eigenvalue weighted by Crippen LogP contribution is -2.41. The van der Waals surface area contributed by atoms with Crippen molar-refractivity contribution < 1.29 is 18.0 Å². The third kappa shape index (κ3) is 4.20. The van der Waals surface area contributed by atoms with E-state index in [0.717, 1.165) is 30.6 Å². The summed E-state index contributed by atoms with van der Waals surface area (Å²) < 4.78 is 39.1. The Morgan fingerprint density at radius 3 is 2.65 bits per heavy atom. The van der Waals surface area contributed by atoms with Crippen LogP contribution in [0.15, 0.2) is 42.5 Å². The summed E-state index contributed by atoms with van der Waals surface area (Å²) in [5.74, 6) is 0.145. The number of fused-ring (bicyclic) bond motifs is 2. The molecule has 2 aromatic carbocycles. The number of likely N-dealkylation sites (tertiary alicyclic amines) is 1. The molecule has 1 aliphatic carbocycles. The van der Waals surface area contributed by atoms with E-state index in [1.54, 1.807) is 0 Å². The SMILES string of the molecule is CCN1CC2CCCC1(c1ccc(CNC(=O)c3cccc(C(F)(F)F)c3Cl)cc1)C2. The summed E-state index contributed by atoms with van der Waals surface area (Å²) in [4.78, 5) is 15.0. The molecule has 2 atom stereocenters. The standard InChI is InChI=1S/C24H26ClF3N2O/c1-2-30-15-17-5-4-12-23(30,13-17)18-10-8-16(9-11-18)14-29-22(31)19-6-3-7-20(21(19)25)24(26,27)28/h3,6-11,17H,2,4-5,12-15H2,1H3,(H,29,31). The number of hydrogen-bond acceptors (Lipinski definition) is 2. The smallest absolute Gasteiger partial charge is 0.348 e. The van der Waals surface area contributed by atoms with Crippen molar-refractivity contribution in [2.75, 3.05) is 13.1 Å². The average Bonchev–Trinajstić information content (AvgIpc) is 3.01. The first kappa shape index (κ1) is 22.2. The van der Waals surface area contributed by atoms with Crippen molar-refractivity contribution >= 4 is 17.5 Å². The topological polar surface area (TPSA) is 32.3 Å². The minimum Gasteiger partial charge on any atom is -0.348 e. The molecule has 2 bridgehead atoms. The molecular formula is C24H26ClF3N2O. The van der Waals surface area contributed by atoms with Crippen LogP contribution in [-0.2, 0) is 18.3 Å². The van der Waals surface area contributed by atoms with Crippen molar-refractivity contribution in [3.63, 3.8) is 0 Å². The number of benzene rings is 2. The largest absolute Gasteiger partial charge is 0.417 e. The Hall–Kier alpha value is -2.05. The van der Waals surface area contributed by atoms with Gasteiger partial charge in [-0.15, -0.1) is 0 Å². The molecule has 2 aromatic rings. The van der Waals surface area contributed by atoms with Gasteiger partial charge in [0.05, 0.1) is 16.1 Å². The van der Waals surface area contributed by atoms with Gasteiger partial charge in [0.2, 0.25) is 0 Å². The zero-order valence-corrected chi connectivity index (χ0v) is 18.2. The second-order valence-electron chi connectivity index (χ2n) is 8.58. The fourth-order valence-corrected chi connectivity index (χ4v) is 5.63. The fraction of sp³-hybridized carbons (Fsp3) is 0.458. The van der Waals surface area contributed by atoms with Crippen LogP contribution in [0.3, 0.4) is 0 Å². The maximum atomic E-state index is 13.0. The van der Waals surface area contributed by atoms with Gasteiger partial charge in [-0.25, -0.2) is 0 Å². The number of alkyl halides is 3. The first-order valence-corrected chi connectivity index (χ1v) is 11.1. The quantitative estimate of drug-likeness (QED) is 0.605. The molecule has 3 nitrogen and oxygen atoms in total. The van der Waals surface area contributed by atoms with Crippen LogP contribution in [0, 0.1) is 5.92 Å². The van der Waals surface area contributed by atoms with Gasteiger partial charge in [-0.1, -0.05) is 55.3 Å². The number of halogens is 4. The molecule has 166 valence electrons. The number of nitrogens with zero attached hydrogens (tertiary/aromatic N) is 1. The third-order valence-corrected chi connectivity index (χ3v) is 7.20. The summed E-state index contributed by atoms with van der Waals surface area (Å²) in [6.45, 7) is 4.63. The molecule has 7 heteroatoms. The highest BCUT2D eigenvalue weighted by Gasteiger charge is 2.47. The van der Waals surface area contributed by atoms with Gasteiger partial charge < -0.3 is 5.32 Å². The number of hydrogen-bond donors (Lipinski definition) is 1. The summed E-state index contributed by atoms with van der Waals surface area (Å²) in [7, 11) is 0. The van der Waals surface area contributed by atoms with Gasteiger partial charge in [-0.05, 0) is 55.0 Å². The molecule has 2 fully saturated rings. The van der Waals surface area contributed by atoms with E-state index < -0.39 is 22.7 Å². The van der Waals surface area contributed by atoms with Gasteiger partial charge in [0, 0.05) is 18.6 Å². The number of carbonyl (C=O) groups excluding carboxylic acids is 1. The van der Waals surface area contributed by atoms with Crippen molar-refractivity contribution in [2.24, 2.45) is 5.92 Å². The van der Waals surface area contributed by atoms with Crippen LogP contribution in [0.25, 0.3) is 0 Å². The summed E-state index contributed by atoms with van der Waals surface area (Å²) in [6.07, 6.45) is 0.316. The maximum Gasteiger partial charge on any atom is 0.417 e. The predicted octanol–water partition coefficient (Wildman–Crippen LogP) is 6.01. The lowest BCUT2D eigenvalue weighted by atomic mass is 9.75. The van der Waals surface area contributed by atoms with Crippen LogP contribution < -0.4 is 5.32 Å². The second-order valence-corrected chi connectivity index (χ2v) is 8.96. The highest BCUT2D eigenvalue weighted by molar-refractivity contribution is 6.34. The Kier molecular flexibility index (Phi) is 6.05. The van der Waals surface area contributed by atoms with Gasteiger partial charge in [0.25, 0.3) is 5.91 Å². The Balaban J connectivity index is 1.45. The van der Waals surface area contributed by atoms with E-state index in [0.29, 0.717) is 0 Å². The predicted molar refractivity (Wildman–Crippen MR) is 115 cm³/mol. The van der Waals surface area contributed by atoms with Crippen molar-refractivity contribution in [2.45, 2.75) is 50.9 Å². The molecule has 1 saturated carbocycles. The molecule has 1 aliphatic heterocycles. The molecule has 1 heterocycles.